The van der Waals surface area contributed by atoms with E-state index in [9.17, 15) is 22.0 Å². The van der Waals surface area contributed by atoms with Crippen molar-refractivity contribution in [1.82, 2.24) is 29.6 Å². The van der Waals surface area contributed by atoms with Gasteiger partial charge in [-0.1, -0.05) is 29.0 Å². The highest BCUT2D eigenvalue weighted by Gasteiger charge is 2.41. The highest BCUT2D eigenvalue weighted by Crippen LogP contribution is 2.40. The monoisotopic (exact) mass is 684 g/mol. The normalized spacial score (nSPS) is 14.8. The number of hydrogen-bond acceptors (Lipinski definition) is 9. The number of benzene rings is 1. The first-order valence-electron chi connectivity index (χ1n) is 13.6. The summed E-state index contributed by atoms with van der Waals surface area (Å²) in [6, 6.07) is 7.26. The van der Waals surface area contributed by atoms with Gasteiger partial charge < -0.3 is 10.1 Å². The molecule has 1 amide bonds. The second-order valence-electron chi connectivity index (χ2n) is 11.7. The van der Waals surface area contributed by atoms with Crippen LogP contribution in [0.5, 0.6) is 0 Å². The lowest BCUT2D eigenvalue weighted by Crippen LogP contribution is -2.34. The second kappa shape index (κ2) is 12.2. The number of alkyl halides is 2. The van der Waals surface area contributed by atoms with Crippen molar-refractivity contribution < 1.29 is 26.7 Å². The van der Waals surface area contributed by atoms with Crippen LogP contribution in [0.2, 0.25) is 5.15 Å². The van der Waals surface area contributed by atoms with Gasteiger partial charge in [0.15, 0.2) is 21.0 Å². The van der Waals surface area contributed by atoms with Crippen LogP contribution in [0.15, 0.2) is 40.3 Å². The molecule has 1 aromatic carbocycles. The van der Waals surface area contributed by atoms with E-state index in [2.05, 4.69) is 25.2 Å². The molecule has 0 bridgehead atoms. The van der Waals surface area contributed by atoms with Gasteiger partial charge in [-0.3, -0.25) is 4.40 Å². The topological polar surface area (TPSA) is 128 Å². The third-order valence-electron chi connectivity index (χ3n) is 6.70. The van der Waals surface area contributed by atoms with Gasteiger partial charge in [-0.2, -0.15) is 0 Å². The third kappa shape index (κ3) is 7.33. The lowest BCUT2D eigenvalue weighted by molar-refractivity contribution is 0.0531. The molecule has 16 heteroatoms. The molecule has 0 spiro atoms. The number of imidazole rings is 1. The number of nitrogens with one attached hydrogen (secondary N) is 2. The zero-order valence-corrected chi connectivity index (χ0v) is 27.8. The third-order valence-corrected chi connectivity index (χ3v) is 10.5. The quantitative estimate of drug-likeness (QED) is 0.137. The van der Waals surface area contributed by atoms with Crippen LogP contribution >= 0.6 is 34.7 Å². The molecule has 1 aliphatic rings. The van der Waals surface area contributed by atoms with E-state index >= 15 is 0 Å². The summed E-state index contributed by atoms with van der Waals surface area (Å²) in [5.74, 6) is 0.702. The highest BCUT2D eigenvalue weighted by molar-refractivity contribution is 7.99. The summed E-state index contributed by atoms with van der Waals surface area (Å²) in [7, 11) is -3.97. The van der Waals surface area contributed by atoms with Gasteiger partial charge in [-0.15, -0.1) is 22.0 Å². The molecule has 4 aromatic rings. The van der Waals surface area contributed by atoms with Crippen LogP contribution in [0.1, 0.15) is 57.5 Å². The van der Waals surface area contributed by atoms with Gasteiger partial charge >= 0.3 is 6.09 Å². The molecule has 0 unspecified atom stereocenters. The fourth-order valence-corrected chi connectivity index (χ4v) is 7.71. The Balaban J connectivity index is 1.51. The molecule has 3 heterocycles. The van der Waals surface area contributed by atoms with Crippen molar-refractivity contribution in [3.8, 4) is 22.0 Å². The first kappa shape index (κ1) is 32.5. The molecule has 1 aliphatic carbocycles. The fourth-order valence-electron chi connectivity index (χ4n) is 4.40. The number of nitrogens with zero attached hydrogens (tertiary/aromatic N) is 4. The Bertz CT molecular complexity index is 1830. The molecule has 44 heavy (non-hydrogen) atoms. The summed E-state index contributed by atoms with van der Waals surface area (Å²) in [6.45, 7) is 9.52. The van der Waals surface area contributed by atoms with Crippen molar-refractivity contribution in [1.29, 1.82) is 0 Å². The number of aryl methyl sites for hydroxylation is 1. The van der Waals surface area contributed by atoms with Crippen LogP contribution in [0.4, 0.5) is 13.6 Å². The Morgan fingerprint density at radius 1 is 1.23 bits per heavy atom. The fraction of sp³-hybridized carbons (Fsp3) is 0.429. The van der Waals surface area contributed by atoms with E-state index in [-0.39, 0.29) is 20.9 Å². The Morgan fingerprint density at radius 2 is 1.95 bits per heavy atom. The first-order chi connectivity index (χ1) is 20.6. The molecular formula is C28H31ClF2N6O4S3. The molecule has 3 aromatic heterocycles. The van der Waals surface area contributed by atoms with Crippen molar-refractivity contribution in [2.45, 2.75) is 74.8 Å². The zero-order valence-electron chi connectivity index (χ0n) is 24.6. The maximum absolute atomic E-state index is 13.5. The molecule has 236 valence electrons. The van der Waals surface area contributed by atoms with Crippen LogP contribution in [-0.4, -0.2) is 57.5 Å². The summed E-state index contributed by atoms with van der Waals surface area (Å²) < 4.78 is 63.1. The molecule has 1 saturated carbocycles. The minimum absolute atomic E-state index is 0.0342. The molecule has 0 saturated heterocycles. The number of amides is 1. The number of aromatic nitrogens is 4. The average Bonchev–Trinajstić information content (AvgIpc) is 3.29. The van der Waals surface area contributed by atoms with Gasteiger partial charge in [-0.25, -0.2) is 31.7 Å². The summed E-state index contributed by atoms with van der Waals surface area (Å²) in [5, 5.41) is 9.81. The van der Waals surface area contributed by atoms with Crippen molar-refractivity contribution in [3.63, 3.8) is 0 Å². The number of thioether (sulfide) groups is 1. The SMILES string of the molecule is Cc1cc(SCCNC(=O)OC(C)(C)C)ccc1-c1cc(S(=O)(=O)NC2(C)CC2)cn2c(-c3nnc(C(F)F)s3)nc(Cl)c12. The molecule has 0 radical (unpaired) electrons. The molecule has 0 atom stereocenters. The van der Waals surface area contributed by atoms with Crippen LogP contribution in [0.3, 0.4) is 0 Å². The second-order valence-corrected chi connectivity index (χ2v) is 15.9. The molecule has 10 nitrogen and oxygen atoms in total. The number of fused-ring (bicyclic) bond motifs is 1. The van der Waals surface area contributed by atoms with Gasteiger partial charge in [0.2, 0.25) is 10.0 Å². The van der Waals surface area contributed by atoms with E-state index in [1.165, 1.54) is 22.4 Å². The van der Waals surface area contributed by atoms with Gasteiger partial charge in [0.25, 0.3) is 6.43 Å². The number of pyridine rings is 1. The number of carbonyl (C=O) groups excluding carboxylic acids is 1. The molecule has 2 N–H and O–H groups in total. The van der Waals surface area contributed by atoms with Crippen molar-refractivity contribution in [3.05, 3.63) is 46.2 Å². The predicted molar refractivity (Wildman–Crippen MR) is 167 cm³/mol. The van der Waals surface area contributed by atoms with Gasteiger partial charge in [0.05, 0.1) is 10.4 Å². The van der Waals surface area contributed by atoms with Gasteiger partial charge in [0.1, 0.15) is 5.60 Å². The van der Waals surface area contributed by atoms with E-state index in [0.717, 1.165) is 23.3 Å². The Labute approximate surface area is 267 Å². The number of sulfonamides is 1. The maximum atomic E-state index is 13.5. The number of halogens is 3. The first-order valence-corrected chi connectivity index (χ1v) is 17.3. The number of ether oxygens (including phenoxy) is 1. The van der Waals surface area contributed by atoms with Crippen LogP contribution in [0, 0.1) is 6.92 Å². The average molecular weight is 685 g/mol. The largest absolute Gasteiger partial charge is 0.444 e. The van der Waals surface area contributed by atoms with E-state index < -0.39 is 38.7 Å². The lowest BCUT2D eigenvalue weighted by atomic mass is 10.0. The summed E-state index contributed by atoms with van der Waals surface area (Å²) in [4.78, 5) is 17.2. The highest BCUT2D eigenvalue weighted by atomic mass is 35.5. The molecule has 0 aliphatic heterocycles. The Kier molecular flexibility index (Phi) is 8.99. The summed E-state index contributed by atoms with van der Waals surface area (Å²) in [6.07, 6.45) is -0.483. The number of alkyl carbamates (subject to hydrolysis) is 1. The molecule has 5 rings (SSSR count). The van der Waals surface area contributed by atoms with E-state index in [4.69, 9.17) is 16.3 Å². The standard InChI is InChI=1S/C28H31ClF2N6O4S3/c1-15-12-16(42-11-10-32-26(38)41-27(2,3)4)6-7-18(15)19-13-17(44(39,40)36-28(5)8-9-28)14-37-20(19)21(29)33-23(37)25-35-34-24(43-25)22(30)31/h6-7,12-14,22,36H,8-11H2,1-5H3,(H,32,38). The minimum Gasteiger partial charge on any atom is -0.444 e. The van der Waals surface area contributed by atoms with Crippen LogP contribution in [-0.2, 0) is 14.8 Å². The summed E-state index contributed by atoms with van der Waals surface area (Å²) in [5.41, 5.74) is 1.34. The Morgan fingerprint density at radius 3 is 2.57 bits per heavy atom. The predicted octanol–water partition coefficient (Wildman–Crippen LogP) is 6.87. The van der Waals surface area contributed by atoms with E-state index in [1.54, 1.807) is 26.8 Å². The minimum atomic E-state index is -3.97. The smallest absolute Gasteiger partial charge is 0.407 e. The number of rotatable bonds is 10. The molecular weight excluding hydrogens is 654 g/mol. The van der Waals surface area contributed by atoms with Crippen LogP contribution < -0.4 is 10.0 Å². The number of hydrogen-bond donors (Lipinski definition) is 2. The van der Waals surface area contributed by atoms with Crippen molar-refractivity contribution in [2.24, 2.45) is 0 Å². The molecule has 1 fully saturated rings. The lowest BCUT2D eigenvalue weighted by Gasteiger charge is -2.19. The van der Waals surface area contributed by atoms with Crippen LogP contribution in [0.25, 0.3) is 27.5 Å². The van der Waals surface area contributed by atoms with E-state index in [0.29, 0.717) is 40.3 Å². The maximum Gasteiger partial charge on any atom is 0.407 e. The zero-order chi connectivity index (χ0) is 32.0. The number of carbonyl (C=O) groups is 1. The Hall–Kier alpha value is -2.85. The van der Waals surface area contributed by atoms with Crippen molar-refractivity contribution in [2.75, 3.05) is 12.3 Å². The van der Waals surface area contributed by atoms with Crippen molar-refractivity contribution >= 4 is 56.3 Å². The van der Waals surface area contributed by atoms with Gasteiger partial charge in [-0.05, 0) is 76.8 Å². The van der Waals surface area contributed by atoms with E-state index in [1.807, 2.05) is 32.0 Å². The summed E-state index contributed by atoms with van der Waals surface area (Å²) >= 11 is 8.83. The van der Waals surface area contributed by atoms with Gasteiger partial charge in [0, 0.05) is 34.5 Å².